The summed E-state index contributed by atoms with van der Waals surface area (Å²) in [6, 6.07) is 0.469. The van der Waals surface area contributed by atoms with Crippen molar-refractivity contribution in [2.75, 3.05) is 0 Å². The summed E-state index contributed by atoms with van der Waals surface area (Å²) in [6.45, 7) is 0. The molecule has 2 fully saturated rings. The maximum absolute atomic E-state index is 6.43. The van der Waals surface area contributed by atoms with Gasteiger partial charge in [-0.25, -0.2) is 0 Å². The van der Waals surface area contributed by atoms with Crippen molar-refractivity contribution in [3.05, 3.63) is 0 Å². The highest BCUT2D eigenvalue weighted by Gasteiger charge is 2.29. The van der Waals surface area contributed by atoms with Crippen molar-refractivity contribution >= 4 is 11.6 Å². The Balaban J connectivity index is 1.85. The molecule has 0 saturated heterocycles. The second kappa shape index (κ2) is 5.29. The molecule has 0 atom stereocenters. The Hall–Kier alpha value is -0.110. The number of hydrogen-bond acceptors (Lipinski definition) is 2. The number of hydrogen-bond donors (Lipinski definition) is 0. The fourth-order valence-corrected chi connectivity index (χ4v) is 2.89. The summed E-state index contributed by atoms with van der Waals surface area (Å²) in [5.41, 5.74) is 0. The van der Waals surface area contributed by atoms with Gasteiger partial charge in [-0.1, -0.05) is 37.3 Å². The molecule has 0 radical (unpaired) electrons. The number of halogens is 1. The van der Waals surface area contributed by atoms with E-state index in [2.05, 4.69) is 10.2 Å². The molecule has 15 heavy (non-hydrogen) atoms. The predicted molar refractivity (Wildman–Crippen MR) is 63.4 cm³/mol. The first-order chi connectivity index (χ1) is 7.29. The van der Waals surface area contributed by atoms with E-state index in [9.17, 15) is 0 Å². The minimum absolute atomic E-state index is 0.338. The quantitative estimate of drug-likeness (QED) is 0.373. The summed E-state index contributed by atoms with van der Waals surface area (Å²) in [7, 11) is 0. The topological polar surface area (TPSA) is 24.7 Å². The largest absolute Gasteiger partial charge is 0.189 e. The van der Waals surface area contributed by atoms with Crippen molar-refractivity contribution < 1.29 is 0 Å². The van der Waals surface area contributed by atoms with E-state index in [4.69, 9.17) is 11.6 Å². The lowest BCUT2D eigenvalue weighted by Crippen LogP contribution is -2.22. The number of alkyl halides is 1. The van der Waals surface area contributed by atoms with Crippen LogP contribution in [0.1, 0.15) is 64.2 Å². The van der Waals surface area contributed by atoms with E-state index in [1.807, 2.05) is 0 Å². The average Bonchev–Trinajstić information content (AvgIpc) is 2.29. The number of rotatable bonds is 2. The van der Waals surface area contributed by atoms with E-state index in [1.54, 1.807) is 0 Å². The van der Waals surface area contributed by atoms with Crippen molar-refractivity contribution in [3.8, 4) is 0 Å². The van der Waals surface area contributed by atoms with E-state index in [0.717, 1.165) is 12.8 Å². The summed E-state index contributed by atoms with van der Waals surface area (Å²) in [5.74, 6) is 0. The highest BCUT2D eigenvalue weighted by atomic mass is 35.5. The lowest BCUT2D eigenvalue weighted by Gasteiger charge is -2.26. The summed E-state index contributed by atoms with van der Waals surface area (Å²) < 4.78 is 0. The molecule has 2 saturated carbocycles. The smallest absolute Gasteiger partial charge is 0.154 e. The van der Waals surface area contributed by atoms with Crippen LogP contribution in [0.3, 0.4) is 0 Å². The van der Waals surface area contributed by atoms with Crippen LogP contribution in [0.25, 0.3) is 0 Å². The Kier molecular flexibility index (Phi) is 4.01. The fraction of sp³-hybridized carbons (Fsp3) is 1.00. The van der Waals surface area contributed by atoms with Crippen molar-refractivity contribution in [1.29, 1.82) is 0 Å². The van der Waals surface area contributed by atoms with Crippen LogP contribution in [0.5, 0.6) is 0 Å². The Labute approximate surface area is 97.5 Å². The van der Waals surface area contributed by atoms with Gasteiger partial charge in [0, 0.05) is 0 Å². The molecule has 0 aromatic carbocycles. The molecule has 86 valence electrons. The van der Waals surface area contributed by atoms with Crippen LogP contribution < -0.4 is 0 Å². The molecule has 2 rings (SSSR count). The Bertz CT molecular complexity index is 216. The van der Waals surface area contributed by atoms with Gasteiger partial charge >= 0.3 is 0 Å². The third kappa shape index (κ3) is 3.44. The van der Waals surface area contributed by atoms with Crippen molar-refractivity contribution in [1.82, 2.24) is 0 Å². The van der Waals surface area contributed by atoms with Crippen LogP contribution in [0.15, 0.2) is 10.2 Å². The van der Waals surface area contributed by atoms with Crippen LogP contribution >= 0.6 is 11.6 Å². The van der Waals surface area contributed by atoms with Gasteiger partial charge in [0.25, 0.3) is 0 Å². The molecule has 0 aliphatic heterocycles. The molecular weight excluding hydrogens is 208 g/mol. The second-order valence-corrected chi connectivity index (χ2v) is 5.69. The van der Waals surface area contributed by atoms with Crippen LogP contribution in [0, 0.1) is 0 Å². The molecule has 0 N–H and O–H groups in total. The number of azo groups is 1. The predicted octanol–water partition coefficient (Wildman–Crippen LogP) is 4.67. The zero-order chi connectivity index (χ0) is 10.6. The first-order valence-corrected chi connectivity index (χ1v) is 6.77. The van der Waals surface area contributed by atoms with Crippen molar-refractivity contribution in [2.45, 2.75) is 75.2 Å². The van der Waals surface area contributed by atoms with Gasteiger partial charge in [-0.05, 0) is 38.5 Å². The third-order valence-electron chi connectivity index (χ3n) is 3.59. The van der Waals surface area contributed by atoms with Crippen LogP contribution in [-0.2, 0) is 0 Å². The van der Waals surface area contributed by atoms with Gasteiger partial charge in [0.05, 0.1) is 6.04 Å². The van der Waals surface area contributed by atoms with Gasteiger partial charge in [0.1, 0.15) is 0 Å². The zero-order valence-corrected chi connectivity index (χ0v) is 10.2. The highest BCUT2D eigenvalue weighted by Crippen LogP contribution is 2.36. The Morgan fingerprint density at radius 1 is 0.867 bits per heavy atom. The van der Waals surface area contributed by atoms with E-state index >= 15 is 0 Å². The highest BCUT2D eigenvalue weighted by molar-refractivity contribution is 6.23. The summed E-state index contributed by atoms with van der Waals surface area (Å²) in [6.07, 6.45) is 12.2. The molecule has 2 nitrogen and oxygen atoms in total. The molecule has 0 aromatic heterocycles. The molecule has 2 aliphatic carbocycles. The van der Waals surface area contributed by atoms with Crippen LogP contribution in [0.4, 0.5) is 0 Å². The minimum Gasteiger partial charge on any atom is -0.189 e. The third-order valence-corrected chi connectivity index (χ3v) is 4.05. The average molecular weight is 229 g/mol. The normalized spacial score (nSPS) is 28.3. The number of nitrogens with zero attached hydrogens (tertiary/aromatic N) is 2. The first kappa shape index (κ1) is 11.4. The summed E-state index contributed by atoms with van der Waals surface area (Å²) in [5, 5.41) is 8.90. The molecule has 0 bridgehead atoms. The first-order valence-electron chi connectivity index (χ1n) is 6.39. The lowest BCUT2D eigenvalue weighted by atomic mass is 9.95. The standard InChI is InChI=1S/C12H21ClN2/c13-12(9-5-2-6-10-12)15-14-11-7-3-1-4-8-11/h11H,1-10H2/b15-14+. The monoisotopic (exact) mass is 228 g/mol. The van der Waals surface area contributed by atoms with Gasteiger partial charge in [-0.3, -0.25) is 0 Å². The Morgan fingerprint density at radius 2 is 1.47 bits per heavy atom. The van der Waals surface area contributed by atoms with Gasteiger partial charge in [0.2, 0.25) is 0 Å². The fourth-order valence-electron chi connectivity index (χ4n) is 2.58. The SMILES string of the molecule is ClC1(/N=N/C2CCCCC2)CCCCC1. The minimum atomic E-state index is -0.338. The summed E-state index contributed by atoms with van der Waals surface area (Å²) >= 11 is 6.43. The van der Waals surface area contributed by atoms with Crippen molar-refractivity contribution in [2.24, 2.45) is 10.2 Å². The van der Waals surface area contributed by atoms with Crippen LogP contribution in [0.2, 0.25) is 0 Å². The van der Waals surface area contributed by atoms with E-state index < -0.39 is 0 Å². The maximum atomic E-state index is 6.43. The molecule has 0 spiro atoms. The van der Waals surface area contributed by atoms with E-state index in [-0.39, 0.29) is 5.00 Å². The van der Waals surface area contributed by atoms with Gasteiger partial charge in [-0.2, -0.15) is 10.2 Å². The summed E-state index contributed by atoms with van der Waals surface area (Å²) in [4.78, 5) is -0.338. The molecule has 3 heteroatoms. The molecule has 0 amide bonds. The van der Waals surface area contributed by atoms with E-state index in [1.165, 1.54) is 51.4 Å². The van der Waals surface area contributed by atoms with Gasteiger partial charge < -0.3 is 0 Å². The lowest BCUT2D eigenvalue weighted by molar-refractivity contribution is 0.363. The molecular formula is C12H21ClN2. The molecule has 2 aliphatic rings. The maximum Gasteiger partial charge on any atom is 0.154 e. The van der Waals surface area contributed by atoms with Crippen molar-refractivity contribution in [3.63, 3.8) is 0 Å². The van der Waals surface area contributed by atoms with E-state index in [0.29, 0.717) is 6.04 Å². The zero-order valence-electron chi connectivity index (χ0n) is 9.42. The van der Waals surface area contributed by atoms with Gasteiger partial charge in [-0.15, -0.1) is 0 Å². The van der Waals surface area contributed by atoms with Crippen LogP contribution in [-0.4, -0.2) is 11.0 Å². The van der Waals surface area contributed by atoms with Gasteiger partial charge in [0.15, 0.2) is 5.00 Å². The molecule has 0 aromatic rings. The molecule has 0 heterocycles. The second-order valence-electron chi connectivity index (χ2n) is 4.99. The molecule has 0 unspecified atom stereocenters. The Morgan fingerprint density at radius 3 is 2.13 bits per heavy atom.